The number of ketones is 1. The largest absolute Gasteiger partial charge is 0.493 e. The third kappa shape index (κ3) is 3.84. The molecule has 0 amide bonds. The second kappa shape index (κ2) is 6.49. The molecule has 1 saturated heterocycles. The highest BCUT2D eigenvalue weighted by atomic mass is 32.2. The van der Waals surface area contributed by atoms with Crippen molar-refractivity contribution in [2.45, 2.75) is 18.9 Å². The minimum absolute atomic E-state index is 0.0843. The maximum absolute atomic E-state index is 12.5. The third-order valence-electron chi connectivity index (χ3n) is 4.49. The lowest BCUT2D eigenvalue weighted by molar-refractivity contribution is 0.0860. The normalized spacial score (nSPS) is 23.0. The van der Waals surface area contributed by atoms with Crippen molar-refractivity contribution >= 4 is 15.6 Å². The highest BCUT2D eigenvalue weighted by Crippen LogP contribution is 2.30. The van der Waals surface area contributed by atoms with Crippen molar-refractivity contribution in [1.29, 1.82) is 0 Å². The summed E-state index contributed by atoms with van der Waals surface area (Å²) in [5.74, 6) is 1.24. The van der Waals surface area contributed by atoms with Gasteiger partial charge in [-0.2, -0.15) is 0 Å². The van der Waals surface area contributed by atoms with E-state index >= 15 is 0 Å². The van der Waals surface area contributed by atoms with E-state index < -0.39 is 15.4 Å². The topological polar surface area (TPSA) is 72.9 Å². The second-order valence-electron chi connectivity index (χ2n) is 6.19. The highest BCUT2D eigenvalue weighted by Gasteiger charge is 2.41. The molecule has 0 aliphatic carbocycles. The van der Waals surface area contributed by atoms with Gasteiger partial charge in [-0.3, -0.25) is 9.69 Å². The fourth-order valence-electron chi connectivity index (χ4n) is 2.80. The van der Waals surface area contributed by atoms with Crippen molar-refractivity contribution in [3.05, 3.63) is 23.8 Å². The van der Waals surface area contributed by atoms with Gasteiger partial charge in [0, 0.05) is 11.1 Å². The van der Waals surface area contributed by atoms with Crippen LogP contribution in [-0.4, -0.2) is 64.0 Å². The number of benzene rings is 1. The zero-order chi connectivity index (χ0) is 17.3. The van der Waals surface area contributed by atoms with Crippen molar-refractivity contribution in [3.63, 3.8) is 0 Å². The number of methoxy groups -OCH3 is 2. The van der Waals surface area contributed by atoms with Crippen LogP contribution in [0.25, 0.3) is 0 Å². The average molecular weight is 341 g/mol. The summed E-state index contributed by atoms with van der Waals surface area (Å²) in [6.45, 7) is 2.04. The monoisotopic (exact) mass is 341 g/mol. The van der Waals surface area contributed by atoms with E-state index in [0.717, 1.165) is 0 Å². The zero-order valence-electron chi connectivity index (χ0n) is 14.0. The molecule has 1 aromatic carbocycles. The maximum atomic E-state index is 12.5. The van der Waals surface area contributed by atoms with Gasteiger partial charge in [0.15, 0.2) is 27.1 Å². The molecule has 6 nitrogen and oxygen atoms in total. The Morgan fingerprint density at radius 1 is 1.26 bits per heavy atom. The first-order valence-corrected chi connectivity index (χ1v) is 9.20. The van der Waals surface area contributed by atoms with Gasteiger partial charge in [0.2, 0.25) is 0 Å². The fraction of sp³-hybridized carbons (Fsp3) is 0.562. The Bertz CT molecular complexity index is 700. The van der Waals surface area contributed by atoms with Crippen LogP contribution >= 0.6 is 0 Å². The van der Waals surface area contributed by atoms with Crippen LogP contribution in [0.4, 0.5) is 0 Å². The quantitative estimate of drug-likeness (QED) is 0.728. The number of likely N-dealkylation sites (N-methyl/N-ethyl adjacent to an activating group) is 1. The van der Waals surface area contributed by atoms with Gasteiger partial charge in [-0.05, 0) is 38.6 Å². The minimum atomic E-state index is -3.01. The number of sulfone groups is 1. The summed E-state index contributed by atoms with van der Waals surface area (Å²) in [4.78, 5) is 14.3. The van der Waals surface area contributed by atoms with Gasteiger partial charge in [0.05, 0.1) is 32.3 Å². The number of hydrogen-bond acceptors (Lipinski definition) is 6. The first-order chi connectivity index (χ1) is 10.7. The molecule has 0 aromatic heterocycles. The van der Waals surface area contributed by atoms with Crippen LogP contribution in [0.1, 0.15) is 23.7 Å². The zero-order valence-corrected chi connectivity index (χ0v) is 14.8. The van der Waals surface area contributed by atoms with Crippen LogP contribution in [0.3, 0.4) is 0 Å². The highest BCUT2D eigenvalue weighted by molar-refractivity contribution is 7.91. The summed E-state index contributed by atoms with van der Waals surface area (Å²) < 4.78 is 33.8. The van der Waals surface area contributed by atoms with Crippen molar-refractivity contribution in [2.24, 2.45) is 0 Å². The molecule has 0 saturated carbocycles. The summed E-state index contributed by atoms with van der Waals surface area (Å²) in [7, 11) is 1.84. The number of carbonyl (C=O) groups is 1. The Hall–Kier alpha value is -1.60. The van der Waals surface area contributed by atoms with Gasteiger partial charge in [-0.15, -0.1) is 0 Å². The molecular formula is C16H23NO5S. The standard InChI is InChI=1S/C16H23NO5S/c1-16(7-8-23(19,20)11-16)17(2)10-13(18)12-5-6-14(21-3)15(9-12)22-4/h5-6,9H,7-8,10-11H2,1-4H3/t16-/m0/s1. The van der Waals surface area contributed by atoms with E-state index in [0.29, 0.717) is 23.5 Å². The van der Waals surface area contributed by atoms with E-state index in [-0.39, 0.29) is 23.8 Å². The molecule has 1 atom stereocenters. The van der Waals surface area contributed by atoms with E-state index in [9.17, 15) is 13.2 Å². The van der Waals surface area contributed by atoms with Gasteiger partial charge in [0.1, 0.15) is 0 Å². The Morgan fingerprint density at radius 3 is 2.43 bits per heavy atom. The Kier molecular flexibility index (Phi) is 5.01. The molecule has 1 heterocycles. The van der Waals surface area contributed by atoms with Crippen LogP contribution < -0.4 is 9.47 Å². The van der Waals surface area contributed by atoms with Crippen molar-refractivity contribution in [1.82, 2.24) is 4.90 Å². The molecule has 0 radical (unpaired) electrons. The maximum Gasteiger partial charge on any atom is 0.176 e. The van der Waals surface area contributed by atoms with E-state index in [4.69, 9.17) is 9.47 Å². The van der Waals surface area contributed by atoms with Gasteiger partial charge < -0.3 is 9.47 Å². The molecule has 1 aliphatic heterocycles. The lowest BCUT2D eigenvalue weighted by Gasteiger charge is -2.33. The Labute approximate surface area is 137 Å². The lowest BCUT2D eigenvalue weighted by Crippen LogP contribution is -2.47. The van der Waals surface area contributed by atoms with Gasteiger partial charge >= 0.3 is 0 Å². The molecule has 0 bridgehead atoms. The second-order valence-corrected chi connectivity index (χ2v) is 8.37. The van der Waals surface area contributed by atoms with Gasteiger partial charge in [-0.25, -0.2) is 8.42 Å². The molecule has 128 valence electrons. The van der Waals surface area contributed by atoms with E-state index in [2.05, 4.69) is 0 Å². The third-order valence-corrected chi connectivity index (χ3v) is 6.38. The molecule has 0 N–H and O–H groups in total. The van der Waals surface area contributed by atoms with Gasteiger partial charge in [-0.1, -0.05) is 0 Å². The predicted molar refractivity (Wildman–Crippen MR) is 88.2 cm³/mol. The molecular weight excluding hydrogens is 318 g/mol. The summed E-state index contributed by atoms with van der Waals surface area (Å²) >= 11 is 0. The van der Waals surface area contributed by atoms with Crippen LogP contribution in [0.2, 0.25) is 0 Å². The summed E-state index contributed by atoms with van der Waals surface area (Å²) in [6, 6.07) is 5.02. The van der Waals surface area contributed by atoms with Gasteiger partial charge in [0.25, 0.3) is 0 Å². The van der Waals surface area contributed by atoms with Crippen molar-refractivity contribution in [2.75, 3.05) is 39.3 Å². The fourth-order valence-corrected chi connectivity index (χ4v) is 5.01. The van der Waals surface area contributed by atoms with Crippen LogP contribution in [0.15, 0.2) is 18.2 Å². The Balaban J connectivity index is 2.13. The number of ether oxygens (including phenoxy) is 2. The average Bonchev–Trinajstić information content (AvgIpc) is 2.81. The summed E-state index contributed by atoms with van der Waals surface area (Å²) in [5, 5.41) is 0. The first kappa shape index (κ1) is 17.7. The Morgan fingerprint density at radius 2 is 1.91 bits per heavy atom. The molecule has 7 heteroatoms. The number of nitrogens with zero attached hydrogens (tertiary/aromatic N) is 1. The van der Waals surface area contributed by atoms with E-state index in [1.807, 2.05) is 11.8 Å². The summed E-state index contributed by atoms with van der Waals surface area (Å²) in [6.07, 6.45) is 0.547. The van der Waals surface area contributed by atoms with E-state index in [1.165, 1.54) is 14.2 Å². The van der Waals surface area contributed by atoms with Crippen molar-refractivity contribution < 1.29 is 22.7 Å². The number of rotatable bonds is 6. The van der Waals surface area contributed by atoms with Crippen LogP contribution in [0, 0.1) is 0 Å². The molecule has 23 heavy (non-hydrogen) atoms. The number of Topliss-reactive ketones (excluding diaryl/α,β-unsaturated/α-hetero) is 1. The van der Waals surface area contributed by atoms with Crippen LogP contribution in [-0.2, 0) is 9.84 Å². The lowest BCUT2D eigenvalue weighted by atomic mass is 9.99. The molecule has 0 spiro atoms. The SMILES string of the molecule is COc1ccc(C(=O)CN(C)[C@@]2(C)CCS(=O)(=O)C2)cc1OC. The predicted octanol–water partition coefficient (Wildman–Crippen LogP) is 1.40. The molecule has 1 fully saturated rings. The molecule has 0 unspecified atom stereocenters. The smallest absolute Gasteiger partial charge is 0.176 e. The van der Waals surface area contributed by atoms with Crippen molar-refractivity contribution in [3.8, 4) is 11.5 Å². The van der Waals surface area contributed by atoms with Crippen LogP contribution in [0.5, 0.6) is 11.5 Å². The number of hydrogen-bond donors (Lipinski definition) is 0. The first-order valence-electron chi connectivity index (χ1n) is 7.38. The molecule has 1 aromatic rings. The minimum Gasteiger partial charge on any atom is -0.493 e. The molecule has 1 aliphatic rings. The molecule has 2 rings (SSSR count). The number of carbonyl (C=O) groups excluding carboxylic acids is 1. The summed E-state index contributed by atoms with van der Waals surface area (Å²) in [5.41, 5.74) is 0.0179. The van der Waals surface area contributed by atoms with E-state index in [1.54, 1.807) is 25.2 Å².